The molecule has 0 aromatic heterocycles. The molecule has 0 radical (unpaired) electrons. The summed E-state index contributed by atoms with van der Waals surface area (Å²) in [6.45, 7) is 3.31. The molecule has 1 saturated heterocycles. The van der Waals surface area contributed by atoms with Gasteiger partial charge in [-0.15, -0.1) is 0 Å². The van der Waals surface area contributed by atoms with Gasteiger partial charge in [-0.1, -0.05) is 18.2 Å². The van der Waals surface area contributed by atoms with E-state index in [-0.39, 0.29) is 6.03 Å². The fourth-order valence-electron chi connectivity index (χ4n) is 1.77. The number of carbonyl (C=O) groups is 1. The molecule has 0 atom stereocenters. The van der Waals surface area contributed by atoms with Crippen molar-refractivity contribution >= 4 is 11.7 Å². The quantitative estimate of drug-likeness (QED) is 0.856. The van der Waals surface area contributed by atoms with Gasteiger partial charge in [-0.2, -0.15) is 0 Å². The first kappa shape index (κ1) is 11.8. The number of hydrogen-bond donors (Lipinski definition) is 1. The Morgan fingerprint density at radius 1 is 1.35 bits per heavy atom. The third-order valence-electron chi connectivity index (χ3n) is 3.06. The van der Waals surface area contributed by atoms with E-state index in [0.29, 0.717) is 6.54 Å². The lowest BCUT2D eigenvalue weighted by Gasteiger charge is -2.31. The Kier molecular flexibility index (Phi) is 3.85. The van der Waals surface area contributed by atoms with Crippen molar-refractivity contribution in [2.75, 3.05) is 38.1 Å². The normalized spacial score (nSPS) is 14.1. The zero-order chi connectivity index (χ0) is 12.1. The predicted molar refractivity (Wildman–Crippen MR) is 69.3 cm³/mol. The standard InChI is InChI=1S/C13H19N3O/c1-15(12-6-3-2-4-7-12)11-8-14-13(17)16-9-5-10-16/h2-4,6-7H,5,8-11H2,1H3,(H,14,17). The van der Waals surface area contributed by atoms with E-state index in [0.717, 1.165) is 26.1 Å². The van der Waals surface area contributed by atoms with E-state index in [2.05, 4.69) is 22.3 Å². The van der Waals surface area contributed by atoms with Gasteiger partial charge in [0.15, 0.2) is 0 Å². The van der Waals surface area contributed by atoms with Crippen LogP contribution in [-0.2, 0) is 0 Å². The molecule has 0 aliphatic carbocycles. The molecule has 0 spiro atoms. The maximum atomic E-state index is 11.5. The fraction of sp³-hybridized carbons (Fsp3) is 0.462. The van der Waals surface area contributed by atoms with Gasteiger partial charge in [-0.3, -0.25) is 0 Å². The summed E-state index contributed by atoms with van der Waals surface area (Å²) >= 11 is 0. The molecule has 1 aromatic rings. The van der Waals surface area contributed by atoms with E-state index >= 15 is 0 Å². The summed E-state index contributed by atoms with van der Waals surface area (Å²) in [5, 5.41) is 2.93. The fourth-order valence-corrected chi connectivity index (χ4v) is 1.77. The van der Waals surface area contributed by atoms with Crippen molar-refractivity contribution in [3.63, 3.8) is 0 Å². The van der Waals surface area contributed by atoms with Crippen LogP contribution in [0.15, 0.2) is 30.3 Å². The lowest BCUT2D eigenvalue weighted by Crippen LogP contribution is -2.49. The number of anilines is 1. The number of likely N-dealkylation sites (N-methyl/N-ethyl adjacent to an activating group) is 1. The van der Waals surface area contributed by atoms with Crippen molar-refractivity contribution in [2.24, 2.45) is 0 Å². The topological polar surface area (TPSA) is 35.6 Å². The van der Waals surface area contributed by atoms with Crippen LogP contribution in [0.4, 0.5) is 10.5 Å². The zero-order valence-corrected chi connectivity index (χ0v) is 10.2. The van der Waals surface area contributed by atoms with Crippen LogP contribution in [0.1, 0.15) is 6.42 Å². The van der Waals surface area contributed by atoms with E-state index in [1.54, 1.807) is 0 Å². The molecule has 1 fully saturated rings. The van der Waals surface area contributed by atoms with Crippen LogP contribution >= 0.6 is 0 Å². The summed E-state index contributed by atoms with van der Waals surface area (Å²) in [5.41, 5.74) is 1.17. The molecule has 4 nitrogen and oxygen atoms in total. The smallest absolute Gasteiger partial charge is 0.317 e. The van der Waals surface area contributed by atoms with Gasteiger partial charge in [0.25, 0.3) is 0 Å². The van der Waals surface area contributed by atoms with Gasteiger partial charge in [-0.25, -0.2) is 4.79 Å². The number of hydrogen-bond acceptors (Lipinski definition) is 2. The minimum atomic E-state index is 0.0673. The number of benzene rings is 1. The van der Waals surface area contributed by atoms with Crippen LogP contribution in [0.3, 0.4) is 0 Å². The Bertz CT molecular complexity index is 362. The molecule has 0 bridgehead atoms. The van der Waals surface area contributed by atoms with Crippen molar-refractivity contribution in [3.05, 3.63) is 30.3 Å². The Labute approximate surface area is 102 Å². The number of urea groups is 1. The molecular weight excluding hydrogens is 214 g/mol. The van der Waals surface area contributed by atoms with Gasteiger partial charge >= 0.3 is 6.03 Å². The van der Waals surface area contributed by atoms with Crippen molar-refractivity contribution in [3.8, 4) is 0 Å². The lowest BCUT2D eigenvalue weighted by atomic mass is 10.2. The summed E-state index contributed by atoms with van der Waals surface area (Å²) in [6.07, 6.45) is 1.14. The van der Waals surface area contributed by atoms with Gasteiger partial charge in [0, 0.05) is 38.9 Å². The number of carbonyl (C=O) groups excluding carboxylic acids is 1. The van der Waals surface area contributed by atoms with E-state index in [1.807, 2.05) is 30.1 Å². The van der Waals surface area contributed by atoms with Crippen LogP contribution in [0.2, 0.25) is 0 Å². The molecular formula is C13H19N3O. The Morgan fingerprint density at radius 2 is 2.06 bits per heavy atom. The summed E-state index contributed by atoms with van der Waals surface area (Å²) in [5.74, 6) is 0. The van der Waals surface area contributed by atoms with Gasteiger partial charge in [0.2, 0.25) is 0 Å². The third kappa shape index (κ3) is 3.12. The lowest BCUT2D eigenvalue weighted by molar-refractivity contribution is 0.168. The molecule has 2 amide bonds. The predicted octanol–water partition coefficient (Wildman–Crippen LogP) is 1.54. The molecule has 1 aromatic carbocycles. The molecule has 0 unspecified atom stereocenters. The van der Waals surface area contributed by atoms with Gasteiger partial charge in [-0.05, 0) is 18.6 Å². The highest BCUT2D eigenvalue weighted by molar-refractivity contribution is 5.74. The molecule has 0 saturated carbocycles. The maximum Gasteiger partial charge on any atom is 0.317 e. The number of para-hydroxylation sites is 1. The average Bonchev–Trinajstić information content (AvgIpc) is 2.27. The van der Waals surface area contributed by atoms with E-state index in [9.17, 15) is 4.79 Å². The molecule has 1 heterocycles. The largest absolute Gasteiger partial charge is 0.373 e. The first-order valence-corrected chi connectivity index (χ1v) is 6.06. The number of rotatable bonds is 4. The van der Waals surface area contributed by atoms with Crippen LogP contribution in [-0.4, -0.2) is 44.2 Å². The van der Waals surface area contributed by atoms with Crippen LogP contribution < -0.4 is 10.2 Å². The average molecular weight is 233 g/mol. The highest BCUT2D eigenvalue weighted by atomic mass is 16.2. The van der Waals surface area contributed by atoms with E-state index < -0.39 is 0 Å². The summed E-state index contributed by atoms with van der Waals surface area (Å²) in [7, 11) is 2.03. The first-order chi connectivity index (χ1) is 8.27. The minimum Gasteiger partial charge on any atom is -0.373 e. The minimum absolute atomic E-state index is 0.0673. The Morgan fingerprint density at radius 3 is 2.65 bits per heavy atom. The first-order valence-electron chi connectivity index (χ1n) is 6.06. The summed E-state index contributed by atoms with van der Waals surface area (Å²) in [6, 6.07) is 10.2. The molecule has 1 aliphatic heterocycles. The second-order valence-corrected chi connectivity index (χ2v) is 4.33. The molecule has 92 valence electrons. The molecule has 17 heavy (non-hydrogen) atoms. The zero-order valence-electron chi connectivity index (χ0n) is 10.2. The summed E-state index contributed by atoms with van der Waals surface area (Å²) < 4.78 is 0. The van der Waals surface area contributed by atoms with Crippen molar-refractivity contribution in [1.82, 2.24) is 10.2 Å². The summed E-state index contributed by atoms with van der Waals surface area (Å²) in [4.78, 5) is 15.5. The second-order valence-electron chi connectivity index (χ2n) is 4.33. The monoisotopic (exact) mass is 233 g/mol. The highest BCUT2D eigenvalue weighted by Crippen LogP contribution is 2.10. The van der Waals surface area contributed by atoms with Crippen LogP contribution in [0.5, 0.6) is 0 Å². The van der Waals surface area contributed by atoms with Crippen molar-refractivity contribution in [1.29, 1.82) is 0 Å². The highest BCUT2D eigenvalue weighted by Gasteiger charge is 2.19. The number of likely N-dealkylation sites (tertiary alicyclic amines) is 1. The molecule has 4 heteroatoms. The van der Waals surface area contributed by atoms with Crippen LogP contribution in [0, 0.1) is 0 Å². The second kappa shape index (κ2) is 5.57. The van der Waals surface area contributed by atoms with Crippen molar-refractivity contribution in [2.45, 2.75) is 6.42 Å². The molecule has 2 rings (SSSR count). The molecule has 1 aliphatic rings. The van der Waals surface area contributed by atoms with E-state index in [1.165, 1.54) is 5.69 Å². The van der Waals surface area contributed by atoms with Gasteiger partial charge < -0.3 is 15.1 Å². The third-order valence-corrected chi connectivity index (χ3v) is 3.06. The van der Waals surface area contributed by atoms with Crippen molar-refractivity contribution < 1.29 is 4.79 Å². The van der Waals surface area contributed by atoms with Crippen LogP contribution in [0.25, 0.3) is 0 Å². The Balaban J connectivity index is 1.69. The number of nitrogens with one attached hydrogen (secondary N) is 1. The number of nitrogens with zero attached hydrogens (tertiary/aromatic N) is 2. The Hall–Kier alpha value is -1.71. The van der Waals surface area contributed by atoms with E-state index in [4.69, 9.17) is 0 Å². The number of amides is 2. The molecule has 1 N–H and O–H groups in total. The SMILES string of the molecule is CN(CCNC(=O)N1CCC1)c1ccccc1. The van der Waals surface area contributed by atoms with Gasteiger partial charge in [0.05, 0.1) is 0 Å². The maximum absolute atomic E-state index is 11.5. The van der Waals surface area contributed by atoms with Gasteiger partial charge in [0.1, 0.15) is 0 Å².